The van der Waals surface area contributed by atoms with E-state index in [-0.39, 0.29) is 11.6 Å². The van der Waals surface area contributed by atoms with Crippen molar-refractivity contribution in [3.8, 4) is 6.07 Å². The van der Waals surface area contributed by atoms with Gasteiger partial charge in [-0.15, -0.1) is 0 Å². The van der Waals surface area contributed by atoms with E-state index in [4.69, 9.17) is 5.26 Å². The van der Waals surface area contributed by atoms with Gasteiger partial charge in [-0.1, -0.05) is 0 Å². The Morgan fingerprint density at radius 2 is 2.00 bits per heavy atom. The first-order valence-corrected chi connectivity index (χ1v) is 5.34. The molecule has 0 radical (unpaired) electrons. The zero-order valence-electron chi connectivity index (χ0n) is 9.78. The second-order valence-electron chi connectivity index (χ2n) is 4.21. The van der Waals surface area contributed by atoms with E-state index < -0.39 is 12.0 Å². The molecule has 6 heteroatoms. The van der Waals surface area contributed by atoms with Crippen LogP contribution in [0.4, 0.5) is 13.2 Å². The summed E-state index contributed by atoms with van der Waals surface area (Å²) >= 11 is 0. The van der Waals surface area contributed by atoms with E-state index in [1.807, 2.05) is 6.07 Å². The van der Waals surface area contributed by atoms with E-state index >= 15 is 0 Å². The number of hydrogen-bond donors (Lipinski definition) is 0. The van der Waals surface area contributed by atoms with Gasteiger partial charge in [0.2, 0.25) is 5.82 Å². The molecule has 0 bridgehead atoms. The van der Waals surface area contributed by atoms with Crippen LogP contribution in [0.2, 0.25) is 0 Å². The number of halogens is 3. The molecule has 0 aliphatic carbocycles. The summed E-state index contributed by atoms with van der Waals surface area (Å²) < 4.78 is 39.8. The Hall–Kier alpha value is -2.03. The fraction of sp³-hybridized carbons (Fsp3) is 0.333. The van der Waals surface area contributed by atoms with Crippen molar-refractivity contribution in [2.24, 2.45) is 0 Å². The molecule has 94 valence electrons. The van der Waals surface area contributed by atoms with Crippen LogP contribution in [0.5, 0.6) is 0 Å². The van der Waals surface area contributed by atoms with Gasteiger partial charge in [-0.3, -0.25) is 0 Å². The molecule has 0 amide bonds. The predicted molar refractivity (Wildman–Crippen MR) is 59.8 cm³/mol. The highest BCUT2D eigenvalue weighted by molar-refractivity contribution is 5.78. The molecular weight excluding hydrogens is 243 g/mol. The van der Waals surface area contributed by atoms with Crippen molar-refractivity contribution < 1.29 is 13.2 Å². The van der Waals surface area contributed by atoms with Gasteiger partial charge >= 0.3 is 6.18 Å². The fourth-order valence-electron chi connectivity index (χ4n) is 1.89. The summed E-state index contributed by atoms with van der Waals surface area (Å²) in [4.78, 5) is 3.61. The van der Waals surface area contributed by atoms with Crippen LogP contribution in [-0.2, 0) is 6.18 Å². The standard InChI is InChI=1S/C12H10F3N3/c1-7(2)18-10-5-8(6-16)3-4-9(10)17-11(18)12(13,14)15/h3-5,7H,1-2H3. The number of imidazole rings is 1. The first-order chi connectivity index (χ1) is 8.34. The first-order valence-electron chi connectivity index (χ1n) is 5.34. The summed E-state index contributed by atoms with van der Waals surface area (Å²) in [6.07, 6.45) is -4.50. The van der Waals surface area contributed by atoms with E-state index in [2.05, 4.69) is 4.98 Å². The van der Waals surface area contributed by atoms with Crippen LogP contribution >= 0.6 is 0 Å². The molecule has 0 aliphatic heterocycles. The molecule has 3 nitrogen and oxygen atoms in total. The lowest BCUT2D eigenvalue weighted by molar-refractivity contribution is -0.147. The van der Waals surface area contributed by atoms with Crippen LogP contribution in [0.1, 0.15) is 31.3 Å². The molecule has 0 N–H and O–H groups in total. The SMILES string of the molecule is CC(C)n1c(C(F)(F)F)nc2ccc(C#N)cc21. The molecule has 0 aliphatic rings. The number of nitriles is 1. The third-order valence-corrected chi connectivity index (χ3v) is 2.59. The monoisotopic (exact) mass is 253 g/mol. The van der Waals surface area contributed by atoms with Crippen molar-refractivity contribution in [2.75, 3.05) is 0 Å². The third kappa shape index (κ3) is 1.92. The second kappa shape index (κ2) is 4.02. The highest BCUT2D eigenvalue weighted by Gasteiger charge is 2.38. The molecule has 0 atom stereocenters. The average Bonchev–Trinajstić information content (AvgIpc) is 2.66. The highest BCUT2D eigenvalue weighted by Crippen LogP contribution is 2.33. The summed E-state index contributed by atoms with van der Waals surface area (Å²) in [7, 11) is 0. The maximum Gasteiger partial charge on any atom is 0.449 e. The number of fused-ring (bicyclic) bond motifs is 1. The Morgan fingerprint density at radius 3 is 2.50 bits per heavy atom. The van der Waals surface area contributed by atoms with Gasteiger partial charge in [0.15, 0.2) is 0 Å². The van der Waals surface area contributed by atoms with Crippen molar-refractivity contribution in [1.82, 2.24) is 9.55 Å². The van der Waals surface area contributed by atoms with E-state index in [9.17, 15) is 13.2 Å². The molecular formula is C12H10F3N3. The van der Waals surface area contributed by atoms with Crippen molar-refractivity contribution in [1.29, 1.82) is 5.26 Å². The summed E-state index contributed by atoms with van der Waals surface area (Å²) in [5, 5.41) is 8.79. The number of rotatable bonds is 1. The molecule has 0 saturated heterocycles. The van der Waals surface area contributed by atoms with Crippen LogP contribution in [0.15, 0.2) is 18.2 Å². The van der Waals surface area contributed by atoms with Crippen LogP contribution in [0, 0.1) is 11.3 Å². The maximum absolute atomic E-state index is 12.9. The lowest BCUT2D eigenvalue weighted by Crippen LogP contribution is -2.16. The normalized spacial score (nSPS) is 12.1. The molecule has 1 aromatic carbocycles. The lowest BCUT2D eigenvalue weighted by Gasteiger charge is -2.14. The van der Waals surface area contributed by atoms with Gasteiger partial charge < -0.3 is 4.57 Å². The Bertz CT molecular complexity index is 632. The van der Waals surface area contributed by atoms with Gasteiger partial charge in [0.1, 0.15) is 0 Å². The van der Waals surface area contributed by atoms with Gasteiger partial charge in [0, 0.05) is 6.04 Å². The third-order valence-electron chi connectivity index (χ3n) is 2.59. The number of alkyl halides is 3. The summed E-state index contributed by atoms with van der Waals surface area (Å²) in [6.45, 7) is 3.30. The number of aromatic nitrogens is 2. The molecule has 0 fully saturated rings. The number of hydrogen-bond acceptors (Lipinski definition) is 2. The first kappa shape index (κ1) is 12.4. The Labute approximate surface area is 101 Å². The second-order valence-corrected chi connectivity index (χ2v) is 4.21. The fourth-order valence-corrected chi connectivity index (χ4v) is 1.89. The smallest absolute Gasteiger partial charge is 0.318 e. The maximum atomic E-state index is 12.9. The van der Waals surface area contributed by atoms with Gasteiger partial charge in [-0.25, -0.2) is 4.98 Å². The molecule has 0 saturated carbocycles. The minimum atomic E-state index is -4.50. The molecule has 2 rings (SSSR count). The topological polar surface area (TPSA) is 41.6 Å². The zero-order valence-corrected chi connectivity index (χ0v) is 9.78. The molecule has 1 aromatic heterocycles. The van der Waals surface area contributed by atoms with Gasteiger partial charge in [0.05, 0.1) is 22.7 Å². The molecule has 0 spiro atoms. The summed E-state index contributed by atoms with van der Waals surface area (Å²) in [5.74, 6) is -0.928. The largest absolute Gasteiger partial charge is 0.449 e. The number of benzene rings is 1. The quantitative estimate of drug-likeness (QED) is 0.780. The molecule has 0 unspecified atom stereocenters. The van der Waals surface area contributed by atoms with Crippen LogP contribution in [0.3, 0.4) is 0 Å². The van der Waals surface area contributed by atoms with Crippen LogP contribution in [0.25, 0.3) is 11.0 Å². The van der Waals surface area contributed by atoms with Crippen LogP contribution in [-0.4, -0.2) is 9.55 Å². The average molecular weight is 253 g/mol. The molecule has 18 heavy (non-hydrogen) atoms. The van der Waals surface area contributed by atoms with E-state index in [0.29, 0.717) is 11.1 Å². The van der Waals surface area contributed by atoms with Gasteiger partial charge in [-0.05, 0) is 32.0 Å². The van der Waals surface area contributed by atoms with Crippen molar-refractivity contribution in [2.45, 2.75) is 26.1 Å². The van der Waals surface area contributed by atoms with Gasteiger partial charge in [0.25, 0.3) is 0 Å². The number of nitrogens with zero attached hydrogens (tertiary/aromatic N) is 3. The summed E-state index contributed by atoms with van der Waals surface area (Å²) in [6, 6.07) is 5.84. The van der Waals surface area contributed by atoms with Gasteiger partial charge in [-0.2, -0.15) is 18.4 Å². The van der Waals surface area contributed by atoms with Crippen LogP contribution < -0.4 is 0 Å². The Balaban J connectivity index is 2.82. The minimum Gasteiger partial charge on any atom is -0.318 e. The predicted octanol–water partition coefficient (Wildman–Crippen LogP) is 3.51. The van der Waals surface area contributed by atoms with Crippen molar-refractivity contribution >= 4 is 11.0 Å². The Kier molecular flexibility index (Phi) is 2.77. The highest BCUT2D eigenvalue weighted by atomic mass is 19.4. The van der Waals surface area contributed by atoms with E-state index in [1.165, 1.54) is 18.2 Å². The minimum absolute atomic E-state index is 0.245. The van der Waals surface area contributed by atoms with Crippen molar-refractivity contribution in [3.63, 3.8) is 0 Å². The lowest BCUT2D eigenvalue weighted by atomic mass is 10.2. The van der Waals surface area contributed by atoms with Crippen molar-refractivity contribution in [3.05, 3.63) is 29.6 Å². The summed E-state index contributed by atoms with van der Waals surface area (Å²) in [5.41, 5.74) is 0.893. The van der Waals surface area contributed by atoms with E-state index in [1.54, 1.807) is 13.8 Å². The molecule has 2 aromatic rings. The molecule has 1 heterocycles. The Morgan fingerprint density at radius 1 is 1.33 bits per heavy atom. The van der Waals surface area contributed by atoms with E-state index in [0.717, 1.165) is 4.57 Å². The zero-order chi connectivity index (χ0) is 13.5.